The van der Waals surface area contributed by atoms with Crippen LogP contribution in [0.1, 0.15) is 16.7 Å². The molecular weight excluding hydrogens is 706 g/mol. The van der Waals surface area contributed by atoms with Gasteiger partial charge in [-0.05, 0) is 82.6 Å². The first kappa shape index (κ1) is 30.2. The summed E-state index contributed by atoms with van der Waals surface area (Å²) in [7, 11) is -3.97. The molecule has 0 aliphatic rings. The average molecular weight is 731 g/mol. The molecule has 1 atom stereocenters. The lowest BCUT2D eigenvalue weighted by molar-refractivity contribution is -0.122. The van der Waals surface area contributed by atoms with Crippen LogP contribution in [0.3, 0.4) is 0 Å². The van der Waals surface area contributed by atoms with Crippen LogP contribution < -0.4 is 10.1 Å². The Morgan fingerprint density at radius 2 is 1.67 bits per heavy atom. The van der Waals surface area contributed by atoms with E-state index in [2.05, 4.69) is 37.8 Å². The number of sulfonamides is 1. The van der Waals surface area contributed by atoms with Crippen LogP contribution in [0.25, 0.3) is 10.9 Å². The van der Waals surface area contributed by atoms with Gasteiger partial charge in [0.05, 0.1) is 11.1 Å². The van der Waals surface area contributed by atoms with Gasteiger partial charge in [-0.1, -0.05) is 77.8 Å². The Bertz CT molecular complexity index is 1860. The molecule has 0 aliphatic carbocycles. The van der Waals surface area contributed by atoms with E-state index >= 15 is 0 Å². The second-order valence-corrected chi connectivity index (χ2v) is 13.3. The van der Waals surface area contributed by atoms with E-state index in [1.54, 1.807) is 30.5 Å². The van der Waals surface area contributed by atoms with Crippen molar-refractivity contribution in [3.8, 4) is 0 Å². The Hall–Kier alpha value is -3.22. The Morgan fingerprint density at radius 3 is 2.40 bits per heavy atom. The second-order valence-electron chi connectivity index (χ2n) is 9.52. The number of para-hydroxylation sites is 1. The zero-order chi connectivity index (χ0) is 29.7. The van der Waals surface area contributed by atoms with Crippen molar-refractivity contribution >= 4 is 78.8 Å². The number of hydrazone groups is 1. The summed E-state index contributed by atoms with van der Waals surface area (Å²) in [6.45, 7) is 0.510. The van der Waals surface area contributed by atoms with Crippen LogP contribution >= 0.6 is 45.8 Å². The smallest absolute Gasteiger partial charge is 0.258 e. The molecule has 0 unspecified atom stereocenters. The Labute approximate surface area is 267 Å². The van der Waals surface area contributed by atoms with Gasteiger partial charge in [0.15, 0.2) is 0 Å². The third-order valence-electron chi connectivity index (χ3n) is 6.57. The molecule has 214 valence electrons. The standard InChI is InChI=1S/C31H25Cl2IN4O3S/c32-24-11-10-22(28(33)17-24)19-38-20-23(27-8-4-5-9-30(27)38)18-35-36-31(39)29(16-21-6-2-1-3-7-21)37-42(40,41)26-14-12-25(34)13-15-26/h1-15,17-18,20,29,37H,16,19H2,(H,36,39)/b35-18-/t29-/m1/s1. The fourth-order valence-electron chi connectivity index (χ4n) is 4.49. The van der Waals surface area contributed by atoms with Crippen molar-refractivity contribution in [3.05, 3.63) is 134 Å². The van der Waals surface area contributed by atoms with Crippen molar-refractivity contribution in [2.75, 3.05) is 0 Å². The summed E-state index contributed by atoms with van der Waals surface area (Å²) in [5, 5.41) is 6.27. The number of carbonyl (C=O) groups excluding carboxylic acids is 1. The fraction of sp³-hybridized carbons (Fsp3) is 0.0968. The molecule has 0 aliphatic heterocycles. The van der Waals surface area contributed by atoms with Crippen LogP contribution in [0.2, 0.25) is 10.0 Å². The summed E-state index contributed by atoms with van der Waals surface area (Å²) >= 11 is 14.6. The van der Waals surface area contributed by atoms with Crippen LogP contribution in [0.5, 0.6) is 0 Å². The van der Waals surface area contributed by atoms with Crippen molar-refractivity contribution in [1.82, 2.24) is 14.7 Å². The maximum absolute atomic E-state index is 13.3. The van der Waals surface area contributed by atoms with Gasteiger partial charge >= 0.3 is 0 Å². The summed E-state index contributed by atoms with van der Waals surface area (Å²) in [5.41, 5.74) is 5.97. The van der Waals surface area contributed by atoms with Crippen LogP contribution in [0.15, 0.2) is 113 Å². The molecule has 0 spiro atoms. The Kier molecular flexibility index (Phi) is 9.64. The van der Waals surface area contributed by atoms with E-state index in [1.165, 1.54) is 12.1 Å². The highest BCUT2D eigenvalue weighted by Gasteiger charge is 2.26. The van der Waals surface area contributed by atoms with E-state index in [0.29, 0.717) is 16.6 Å². The second kappa shape index (κ2) is 13.4. The zero-order valence-electron chi connectivity index (χ0n) is 22.0. The number of nitrogens with one attached hydrogen (secondary N) is 2. The lowest BCUT2D eigenvalue weighted by Gasteiger charge is -2.17. The Balaban J connectivity index is 1.37. The van der Waals surface area contributed by atoms with Gasteiger partial charge in [0, 0.05) is 42.8 Å². The van der Waals surface area contributed by atoms with Gasteiger partial charge in [0.2, 0.25) is 10.0 Å². The zero-order valence-corrected chi connectivity index (χ0v) is 26.5. The van der Waals surface area contributed by atoms with E-state index in [4.69, 9.17) is 23.2 Å². The molecule has 42 heavy (non-hydrogen) atoms. The van der Waals surface area contributed by atoms with Crippen LogP contribution in [-0.4, -0.2) is 31.1 Å². The van der Waals surface area contributed by atoms with Crippen LogP contribution in [-0.2, 0) is 27.8 Å². The monoisotopic (exact) mass is 730 g/mol. The van der Waals surface area contributed by atoms with E-state index in [0.717, 1.165) is 31.2 Å². The van der Waals surface area contributed by atoms with Crippen molar-refractivity contribution in [1.29, 1.82) is 0 Å². The number of hydrogen-bond donors (Lipinski definition) is 2. The van der Waals surface area contributed by atoms with E-state index in [9.17, 15) is 13.2 Å². The number of benzene rings is 4. The van der Waals surface area contributed by atoms with Gasteiger partial charge in [-0.15, -0.1) is 0 Å². The number of halogens is 3. The maximum Gasteiger partial charge on any atom is 0.258 e. The van der Waals surface area contributed by atoms with Crippen molar-refractivity contribution < 1.29 is 13.2 Å². The molecule has 0 saturated carbocycles. The summed E-state index contributed by atoms with van der Waals surface area (Å²) < 4.78 is 31.8. The SMILES string of the molecule is O=C(N/N=C\c1cn(Cc2ccc(Cl)cc2Cl)c2ccccc12)[C@@H](Cc1ccccc1)NS(=O)(=O)c1ccc(I)cc1. The summed E-state index contributed by atoms with van der Waals surface area (Å²) in [5.74, 6) is -0.583. The maximum atomic E-state index is 13.3. The van der Waals surface area contributed by atoms with Gasteiger partial charge in [0.25, 0.3) is 5.91 Å². The average Bonchev–Trinajstić information content (AvgIpc) is 3.32. The molecule has 1 heterocycles. The van der Waals surface area contributed by atoms with Crippen LogP contribution in [0, 0.1) is 3.57 Å². The minimum atomic E-state index is -3.97. The number of hydrogen-bond acceptors (Lipinski definition) is 4. The molecule has 4 aromatic carbocycles. The number of carbonyl (C=O) groups is 1. The summed E-state index contributed by atoms with van der Waals surface area (Å²) in [4.78, 5) is 13.4. The van der Waals surface area contributed by atoms with E-state index in [1.807, 2.05) is 71.4 Å². The first-order valence-corrected chi connectivity index (χ1v) is 16.2. The highest BCUT2D eigenvalue weighted by atomic mass is 127. The highest BCUT2D eigenvalue weighted by molar-refractivity contribution is 14.1. The number of amides is 1. The van der Waals surface area contributed by atoms with Gasteiger partial charge in [-0.2, -0.15) is 9.82 Å². The molecule has 0 saturated heterocycles. The lowest BCUT2D eigenvalue weighted by atomic mass is 10.1. The summed E-state index contributed by atoms with van der Waals surface area (Å²) in [6.07, 6.45) is 3.62. The molecule has 0 radical (unpaired) electrons. The normalized spacial score (nSPS) is 12.5. The van der Waals surface area contributed by atoms with E-state index in [-0.39, 0.29) is 11.3 Å². The van der Waals surface area contributed by atoms with E-state index < -0.39 is 22.0 Å². The molecule has 0 bridgehead atoms. The molecule has 7 nitrogen and oxygen atoms in total. The molecule has 5 aromatic rings. The third kappa shape index (κ3) is 7.40. The fourth-order valence-corrected chi connectivity index (χ4v) is 6.52. The minimum Gasteiger partial charge on any atom is -0.342 e. The first-order chi connectivity index (χ1) is 20.2. The summed E-state index contributed by atoms with van der Waals surface area (Å²) in [6, 6.07) is 27.7. The largest absolute Gasteiger partial charge is 0.342 e. The number of rotatable bonds is 10. The third-order valence-corrected chi connectivity index (χ3v) is 9.37. The number of fused-ring (bicyclic) bond motifs is 1. The van der Waals surface area contributed by atoms with Gasteiger partial charge in [-0.25, -0.2) is 13.8 Å². The highest BCUT2D eigenvalue weighted by Crippen LogP contribution is 2.25. The molecule has 1 amide bonds. The quantitative estimate of drug-likeness (QED) is 0.0959. The lowest BCUT2D eigenvalue weighted by Crippen LogP contribution is -2.46. The Morgan fingerprint density at radius 1 is 0.952 bits per heavy atom. The van der Waals surface area contributed by atoms with Gasteiger partial charge in [0.1, 0.15) is 6.04 Å². The molecule has 0 fully saturated rings. The van der Waals surface area contributed by atoms with Crippen LogP contribution in [0.4, 0.5) is 0 Å². The van der Waals surface area contributed by atoms with Crippen molar-refractivity contribution in [2.24, 2.45) is 5.10 Å². The van der Waals surface area contributed by atoms with Crippen molar-refractivity contribution in [2.45, 2.75) is 23.9 Å². The first-order valence-electron chi connectivity index (χ1n) is 12.9. The predicted octanol–water partition coefficient (Wildman–Crippen LogP) is 6.64. The molecule has 1 aromatic heterocycles. The number of aromatic nitrogens is 1. The van der Waals surface area contributed by atoms with Crippen molar-refractivity contribution in [3.63, 3.8) is 0 Å². The minimum absolute atomic E-state index is 0.0749. The molecule has 2 N–H and O–H groups in total. The van der Waals surface area contributed by atoms with Gasteiger partial charge in [-0.3, -0.25) is 4.79 Å². The topological polar surface area (TPSA) is 92.6 Å². The molecular formula is C31H25Cl2IN4O3S. The predicted molar refractivity (Wildman–Crippen MR) is 177 cm³/mol. The molecule has 11 heteroatoms. The number of nitrogens with zero attached hydrogens (tertiary/aromatic N) is 2. The molecule has 5 rings (SSSR count). The van der Waals surface area contributed by atoms with Gasteiger partial charge < -0.3 is 4.57 Å².